The molecule has 0 saturated carbocycles. The summed E-state index contributed by atoms with van der Waals surface area (Å²) in [5, 5.41) is 6.30. The van der Waals surface area contributed by atoms with Crippen molar-refractivity contribution >= 4 is 15.9 Å². The summed E-state index contributed by atoms with van der Waals surface area (Å²) in [5.41, 5.74) is 0. The third-order valence-electron chi connectivity index (χ3n) is 4.66. The van der Waals surface area contributed by atoms with Gasteiger partial charge in [0, 0.05) is 37.5 Å². The highest BCUT2D eigenvalue weighted by Crippen LogP contribution is 2.31. The molecule has 0 bridgehead atoms. The molecule has 1 aromatic rings. The van der Waals surface area contributed by atoms with Crippen molar-refractivity contribution in [2.45, 2.75) is 49.6 Å². The average Bonchev–Trinajstić information content (AvgIpc) is 2.86. The number of hydrogen-bond acceptors (Lipinski definition) is 6. The van der Waals surface area contributed by atoms with Gasteiger partial charge in [-0.15, -0.1) is 0 Å². The van der Waals surface area contributed by atoms with Crippen molar-refractivity contribution in [1.29, 1.82) is 0 Å². The highest BCUT2D eigenvalue weighted by atomic mass is 32.2. The summed E-state index contributed by atoms with van der Waals surface area (Å²) in [4.78, 5) is 12.2. The molecule has 2 aliphatic heterocycles. The molecule has 1 fully saturated rings. The lowest BCUT2D eigenvalue weighted by molar-refractivity contribution is -0.121. The minimum atomic E-state index is -3.72. The number of sulfonamides is 1. The Kier molecular flexibility index (Phi) is 6.56. The molecule has 1 aromatic carbocycles. The smallest absolute Gasteiger partial charge is 0.240 e. The quantitative estimate of drug-likeness (QED) is 0.655. The maximum absolute atomic E-state index is 12.5. The predicted octanol–water partition coefficient (Wildman–Crippen LogP) is 0.773. The van der Waals surface area contributed by atoms with Crippen LogP contribution in [0.3, 0.4) is 0 Å². The van der Waals surface area contributed by atoms with E-state index < -0.39 is 10.0 Å². The van der Waals surface area contributed by atoms with Crippen molar-refractivity contribution in [2.75, 3.05) is 26.3 Å². The van der Waals surface area contributed by atoms with Gasteiger partial charge in [-0.05, 0) is 38.4 Å². The number of hydrogen-bond donors (Lipinski definition) is 3. The minimum absolute atomic E-state index is 0.0448. The number of carbonyl (C=O) groups excluding carboxylic acids is 1. The molecule has 8 nitrogen and oxygen atoms in total. The van der Waals surface area contributed by atoms with Gasteiger partial charge in [-0.3, -0.25) is 4.79 Å². The molecule has 2 aliphatic rings. The molecular formula is C18H27N3O5S. The van der Waals surface area contributed by atoms with E-state index in [1.54, 1.807) is 6.07 Å². The fourth-order valence-electron chi connectivity index (χ4n) is 3.26. The number of benzene rings is 1. The van der Waals surface area contributed by atoms with Crippen molar-refractivity contribution in [1.82, 2.24) is 15.4 Å². The first kappa shape index (κ1) is 19.9. The van der Waals surface area contributed by atoms with Crippen LogP contribution in [-0.2, 0) is 14.8 Å². The molecule has 2 heterocycles. The number of ether oxygens (including phenoxy) is 2. The normalized spacial score (nSPS) is 22.7. The first-order chi connectivity index (χ1) is 12.9. The Morgan fingerprint density at radius 2 is 2.04 bits per heavy atom. The number of piperidine rings is 1. The maximum atomic E-state index is 12.5. The molecule has 3 rings (SSSR count). The summed E-state index contributed by atoms with van der Waals surface area (Å²) in [6, 6.07) is 5.06. The zero-order valence-electron chi connectivity index (χ0n) is 15.5. The van der Waals surface area contributed by atoms with Crippen molar-refractivity contribution in [3.63, 3.8) is 0 Å². The summed E-state index contributed by atoms with van der Waals surface area (Å²) in [6.07, 6.45) is 2.62. The maximum Gasteiger partial charge on any atom is 0.240 e. The molecule has 2 atom stereocenters. The highest BCUT2D eigenvalue weighted by molar-refractivity contribution is 7.89. The molecular weight excluding hydrogens is 370 g/mol. The lowest BCUT2D eigenvalue weighted by atomic mass is 10.0. The summed E-state index contributed by atoms with van der Waals surface area (Å²) >= 11 is 0. The molecule has 27 heavy (non-hydrogen) atoms. The van der Waals surface area contributed by atoms with Crippen molar-refractivity contribution in [3.05, 3.63) is 18.2 Å². The van der Waals surface area contributed by atoms with E-state index >= 15 is 0 Å². The SMILES string of the molecule is CC1CC(NC(=O)CCNS(=O)(=O)c2ccc3c(c2)OCCCO3)CCN1. The summed E-state index contributed by atoms with van der Waals surface area (Å²) in [6.45, 7) is 4.04. The van der Waals surface area contributed by atoms with E-state index in [1.165, 1.54) is 12.1 Å². The van der Waals surface area contributed by atoms with Crippen LogP contribution in [0.1, 0.15) is 32.6 Å². The lowest BCUT2D eigenvalue weighted by Crippen LogP contribution is -2.47. The van der Waals surface area contributed by atoms with Gasteiger partial charge in [-0.2, -0.15) is 0 Å². The van der Waals surface area contributed by atoms with Crippen molar-refractivity contribution < 1.29 is 22.7 Å². The van der Waals surface area contributed by atoms with Gasteiger partial charge in [-0.25, -0.2) is 13.1 Å². The van der Waals surface area contributed by atoms with Crippen LogP contribution in [0.2, 0.25) is 0 Å². The van der Waals surface area contributed by atoms with Crippen molar-refractivity contribution in [2.24, 2.45) is 0 Å². The van der Waals surface area contributed by atoms with E-state index in [1.807, 2.05) is 0 Å². The topological polar surface area (TPSA) is 106 Å². The summed E-state index contributed by atoms with van der Waals surface area (Å²) in [5.74, 6) is 0.825. The van der Waals surface area contributed by atoms with Crippen LogP contribution < -0.4 is 24.8 Å². The third kappa shape index (κ3) is 5.57. The highest BCUT2D eigenvalue weighted by Gasteiger charge is 2.21. The van der Waals surface area contributed by atoms with E-state index in [-0.39, 0.29) is 29.8 Å². The molecule has 0 aromatic heterocycles. The molecule has 9 heteroatoms. The van der Waals surface area contributed by atoms with E-state index in [4.69, 9.17) is 9.47 Å². The van der Waals surface area contributed by atoms with Gasteiger partial charge < -0.3 is 20.1 Å². The molecule has 3 N–H and O–H groups in total. The van der Waals surface area contributed by atoms with Crippen LogP contribution >= 0.6 is 0 Å². The first-order valence-electron chi connectivity index (χ1n) is 9.36. The molecule has 150 valence electrons. The Morgan fingerprint density at radius 1 is 1.26 bits per heavy atom. The Labute approximate surface area is 160 Å². The molecule has 0 radical (unpaired) electrons. The van der Waals surface area contributed by atoms with E-state index in [2.05, 4.69) is 22.3 Å². The zero-order valence-corrected chi connectivity index (χ0v) is 16.3. The van der Waals surface area contributed by atoms with Crippen LogP contribution in [0, 0.1) is 0 Å². The number of carbonyl (C=O) groups is 1. The Morgan fingerprint density at radius 3 is 2.81 bits per heavy atom. The van der Waals surface area contributed by atoms with Crippen LogP contribution in [0.25, 0.3) is 0 Å². The van der Waals surface area contributed by atoms with E-state index in [9.17, 15) is 13.2 Å². The second kappa shape index (κ2) is 8.90. The van der Waals surface area contributed by atoms with E-state index in [0.717, 1.165) is 25.8 Å². The number of fused-ring (bicyclic) bond motifs is 1. The van der Waals surface area contributed by atoms with Gasteiger partial charge in [-0.1, -0.05) is 0 Å². The number of nitrogens with one attached hydrogen (secondary N) is 3. The van der Waals surface area contributed by atoms with Crippen LogP contribution in [-0.4, -0.2) is 52.7 Å². The Hall–Kier alpha value is -1.84. The Balaban J connectivity index is 1.51. The fraction of sp³-hybridized carbons (Fsp3) is 0.611. The second-order valence-electron chi connectivity index (χ2n) is 6.95. The third-order valence-corrected chi connectivity index (χ3v) is 6.12. The number of rotatable bonds is 6. The van der Waals surface area contributed by atoms with Gasteiger partial charge >= 0.3 is 0 Å². The van der Waals surface area contributed by atoms with Crippen molar-refractivity contribution in [3.8, 4) is 11.5 Å². The predicted molar refractivity (Wildman–Crippen MR) is 100 cm³/mol. The largest absolute Gasteiger partial charge is 0.490 e. The molecule has 1 saturated heterocycles. The van der Waals surface area contributed by atoms with Crippen LogP contribution in [0.15, 0.2) is 23.1 Å². The molecule has 0 aliphatic carbocycles. The van der Waals surface area contributed by atoms with Crippen LogP contribution in [0.5, 0.6) is 11.5 Å². The summed E-state index contributed by atoms with van der Waals surface area (Å²) < 4.78 is 38.5. The summed E-state index contributed by atoms with van der Waals surface area (Å²) in [7, 11) is -3.72. The van der Waals surface area contributed by atoms with Crippen LogP contribution in [0.4, 0.5) is 0 Å². The monoisotopic (exact) mass is 397 g/mol. The van der Waals surface area contributed by atoms with E-state index in [0.29, 0.717) is 30.8 Å². The number of amides is 1. The molecule has 2 unspecified atom stereocenters. The zero-order chi connectivity index (χ0) is 19.3. The molecule has 1 amide bonds. The lowest BCUT2D eigenvalue weighted by Gasteiger charge is -2.28. The minimum Gasteiger partial charge on any atom is -0.490 e. The van der Waals surface area contributed by atoms with Gasteiger partial charge in [0.15, 0.2) is 11.5 Å². The Bertz CT molecular complexity index is 768. The van der Waals surface area contributed by atoms with Gasteiger partial charge in [0.25, 0.3) is 0 Å². The first-order valence-corrected chi connectivity index (χ1v) is 10.8. The van der Waals surface area contributed by atoms with Gasteiger partial charge in [0.1, 0.15) is 0 Å². The van der Waals surface area contributed by atoms with Gasteiger partial charge in [0.2, 0.25) is 15.9 Å². The van der Waals surface area contributed by atoms with Gasteiger partial charge in [0.05, 0.1) is 18.1 Å². The fourth-order valence-corrected chi connectivity index (χ4v) is 4.30. The second-order valence-corrected chi connectivity index (χ2v) is 8.72. The average molecular weight is 397 g/mol. The molecule has 0 spiro atoms. The standard InChI is InChI=1S/C18H27N3O5S/c1-13-11-14(5-7-19-13)21-18(22)6-8-20-27(23,24)15-3-4-16-17(12-15)26-10-2-9-25-16/h3-4,12-14,19-20H,2,5-11H2,1H3,(H,21,22).